The molecular weight excluding hydrogens is 708 g/mol. The first-order chi connectivity index (χ1) is 25.3. The summed E-state index contributed by atoms with van der Waals surface area (Å²) in [6.45, 7) is 11.4. The normalized spacial score (nSPS) is 25.0. The molecule has 18 nitrogen and oxygen atoms in total. The lowest BCUT2D eigenvalue weighted by atomic mass is 9.90. The van der Waals surface area contributed by atoms with Gasteiger partial charge in [-0.15, -0.1) is 0 Å². The molecule has 0 aromatic heterocycles. The highest BCUT2D eigenvalue weighted by Gasteiger charge is 2.47. The lowest BCUT2D eigenvalue weighted by Gasteiger charge is -2.40. The number of aliphatic hydroxyl groups is 1. The minimum atomic E-state index is -1.75. The van der Waals surface area contributed by atoms with Gasteiger partial charge in [-0.2, -0.15) is 0 Å². The fourth-order valence-electron chi connectivity index (χ4n) is 5.69. The molecule has 54 heavy (non-hydrogen) atoms. The van der Waals surface area contributed by atoms with E-state index in [0.717, 1.165) is 4.90 Å². The van der Waals surface area contributed by atoms with Crippen molar-refractivity contribution in [2.75, 3.05) is 13.6 Å². The van der Waals surface area contributed by atoms with Crippen molar-refractivity contribution in [2.45, 2.75) is 83.3 Å². The lowest BCUT2D eigenvalue weighted by molar-refractivity contribution is -0.146. The predicted molar refractivity (Wildman–Crippen MR) is 191 cm³/mol. The third-order valence-electron chi connectivity index (χ3n) is 9.15. The summed E-state index contributed by atoms with van der Waals surface area (Å²) in [4.78, 5) is 92.7. The van der Waals surface area contributed by atoms with Gasteiger partial charge in [0, 0.05) is 6.54 Å². The largest absolute Gasteiger partial charge is 0.504 e. The topological polar surface area (TPSA) is 273 Å². The van der Waals surface area contributed by atoms with Crippen molar-refractivity contribution in [2.24, 2.45) is 0 Å². The van der Waals surface area contributed by atoms with Gasteiger partial charge in [0.15, 0.2) is 11.5 Å². The molecule has 2 aliphatic rings. The van der Waals surface area contributed by atoms with E-state index < -0.39 is 83.0 Å². The highest BCUT2D eigenvalue weighted by Crippen LogP contribution is 2.36. The molecule has 0 spiro atoms. The lowest BCUT2D eigenvalue weighted by Crippen LogP contribution is -2.65. The van der Waals surface area contributed by atoms with Crippen molar-refractivity contribution in [3.8, 4) is 11.5 Å². The summed E-state index contributed by atoms with van der Waals surface area (Å²) in [7, 11) is 1.43. The van der Waals surface area contributed by atoms with Crippen LogP contribution in [0, 0.1) is 0 Å². The second-order valence-corrected chi connectivity index (χ2v) is 13.0. The smallest absolute Gasteiger partial charge is 0.352 e. The van der Waals surface area contributed by atoms with Crippen molar-refractivity contribution < 1.29 is 58.7 Å². The molecule has 3 unspecified atom stereocenters. The Bertz CT molecular complexity index is 1820. The van der Waals surface area contributed by atoms with E-state index in [-0.39, 0.29) is 59.4 Å². The number of aromatic hydroxyl groups is 1. The molecule has 1 aromatic rings. The fraction of sp³-hybridized carbons (Fsp3) is 0.417. The Labute approximate surface area is 311 Å². The number of fused-ring (bicyclic) bond motifs is 2. The van der Waals surface area contributed by atoms with Crippen LogP contribution in [0.5, 0.6) is 11.5 Å². The van der Waals surface area contributed by atoms with Crippen LogP contribution < -0.4 is 31.3 Å². The first-order valence-electron chi connectivity index (χ1n) is 16.9. The molecule has 2 heterocycles. The first kappa shape index (κ1) is 42.4. The molecule has 1 aromatic carbocycles. The fourth-order valence-corrected chi connectivity index (χ4v) is 5.69. The van der Waals surface area contributed by atoms with Crippen LogP contribution in [0.3, 0.4) is 0 Å². The zero-order valence-corrected chi connectivity index (χ0v) is 30.7. The molecule has 0 saturated carbocycles. The summed E-state index contributed by atoms with van der Waals surface area (Å²) in [6.07, 6.45) is 1.89. The third-order valence-corrected chi connectivity index (χ3v) is 9.15. The van der Waals surface area contributed by atoms with E-state index in [2.05, 4.69) is 27.8 Å². The number of nitrogens with one attached hydrogen (secondary N) is 5. The zero-order valence-electron chi connectivity index (χ0n) is 30.7. The summed E-state index contributed by atoms with van der Waals surface area (Å²) >= 11 is 0. The van der Waals surface area contributed by atoms with Gasteiger partial charge in [0.05, 0.1) is 6.08 Å². The van der Waals surface area contributed by atoms with Gasteiger partial charge in [-0.25, -0.2) is 9.59 Å². The monoisotopic (exact) mass is 754 g/mol. The van der Waals surface area contributed by atoms with Crippen LogP contribution in [0.15, 0.2) is 65.5 Å². The van der Waals surface area contributed by atoms with Crippen LogP contribution in [-0.4, -0.2) is 110 Å². The summed E-state index contributed by atoms with van der Waals surface area (Å²) in [6, 6.07) is -1.76. The average Bonchev–Trinajstić information content (AvgIpc) is 3.61. The van der Waals surface area contributed by atoms with Gasteiger partial charge in [0.1, 0.15) is 47.3 Å². The van der Waals surface area contributed by atoms with Crippen molar-refractivity contribution in [1.29, 1.82) is 0 Å². The molecule has 6 atom stereocenters. The van der Waals surface area contributed by atoms with E-state index >= 15 is 0 Å². The Morgan fingerprint density at radius 3 is 2.30 bits per heavy atom. The maximum Gasteiger partial charge on any atom is 0.352 e. The van der Waals surface area contributed by atoms with Crippen LogP contribution in [0.25, 0.3) is 0 Å². The van der Waals surface area contributed by atoms with Gasteiger partial charge >= 0.3 is 11.9 Å². The summed E-state index contributed by atoms with van der Waals surface area (Å²) in [5.41, 5.74) is -2.39. The number of hydrogen-bond acceptors (Lipinski definition) is 11. The number of carboxylic acids is 2. The van der Waals surface area contributed by atoms with Crippen molar-refractivity contribution in [3.05, 3.63) is 71.1 Å². The Balaban J connectivity index is 2.08. The minimum absolute atomic E-state index is 0.0236. The number of hydrogen-bond donors (Lipinski definition) is 9. The number of aliphatic hydroxyl groups excluding tert-OH is 1. The van der Waals surface area contributed by atoms with Gasteiger partial charge in [-0.05, 0) is 69.5 Å². The van der Waals surface area contributed by atoms with Gasteiger partial charge in [0.25, 0.3) is 17.7 Å². The molecule has 0 saturated heterocycles. The highest BCUT2D eigenvalue weighted by molar-refractivity contribution is 6.06. The second-order valence-electron chi connectivity index (χ2n) is 13.0. The maximum absolute atomic E-state index is 14.6. The molecule has 0 aliphatic carbocycles. The number of amides is 5. The molecule has 292 valence electrons. The van der Waals surface area contributed by atoms with E-state index in [1.165, 1.54) is 58.2 Å². The van der Waals surface area contributed by atoms with Crippen molar-refractivity contribution >= 4 is 41.5 Å². The standard InChI is InChI=1S/C36H46N6O12/c1-8-18(5)26(32(49)38-20(35(52)53)16-24(44)45)40-30(47)21-11-10-14-42(21)34(51)29-36(6,9-2)54-23-15-19(12-13-22(23)43)28(46)27(37-7)33(50)39-25(17(3)4)31(48)41-29/h10-13,15-16,21,25,27-29,37,43,46H,3,8-9,14H2,1-2,4-7H3,(H,38,49)(H,39,50)(H,40,47)(H,41,48)(H,44,45)(H,52,53)/b20-16+,26-18+/t21-,25?,27?,28-,29?,36+/m0/s1. The molecule has 0 radical (unpaired) electrons. The summed E-state index contributed by atoms with van der Waals surface area (Å²) in [5.74, 6) is -8.50. The SMILES string of the molecule is C=C(C)C1NC(=O)C(NC)[C@@H](O)c2ccc(O)c(c2)O[C@](C)(CC)C(C(=O)N2CC=C[C@H]2C(=O)N/C(C(=O)N/C(=C/C(=O)O)C(=O)O)=C(\C)CC)NC1=O. The molecular formula is C36H46N6O12. The first-order valence-corrected chi connectivity index (χ1v) is 16.9. The van der Waals surface area contributed by atoms with E-state index in [9.17, 15) is 48.9 Å². The molecule has 5 amide bonds. The Morgan fingerprint density at radius 1 is 1.07 bits per heavy atom. The number of carbonyl (C=O) groups excluding carboxylic acids is 5. The number of likely N-dealkylation sites (N-methyl/N-ethyl adjacent to an activating group) is 1. The Kier molecular flexibility index (Phi) is 13.9. The van der Waals surface area contributed by atoms with E-state index in [1.54, 1.807) is 13.8 Å². The quantitative estimate of drug-likeness (QED) is 0.105. The van der Waals surface area contributed by atoms with Gasteiger partial charge in [0.2, 0.25) is 11.8 Å². The van der Waals surface area contributed by atoms with Crippen molar-refractivity contribution in [1.82, 2.24) is 31.5 Å². The van der Waals surface area contributed by atoms with Gasteiger partial charge in [-0.3, -0.25) is 24.0 Å². The molecule has 3 rings (SSSR count). The van der Waals surface area contributed by atoms with Crippen LogP contribution in [0.4, 0.5) is 0 Å². The number of carbonyl (C=O) groups is 7. The molecule has 2 bridgehead atoms. The Hall–Kier alpha value is -6.01. The Morgan fingerprint density at radius 2 is 1.74 bits per heavy atom. The number of rotatable bonds is 11. The van der Waals surface area contributed by atoms with E-state index in [4.69, 9.17) is 9.84 Å². The summed E-state index contributed by atoms with van der Waals surface area (Å²) in [5, 5.41) is 52.7. The van der Waals surface area contributed by atoms with Crippen molar-refractivity contribution in [3.63, 3.8) is 0 Å². The predicted octanol–water partition coefficient (Wildman–Crippen LogP) is -0.143. The second kappa shape index (κ2) is 17.7. The summed E-state index contributed by atoms with van der Waals surface area (Å²) < 4.78 is 6.29. The maximum atomic E-state index is 14.6. The number of phenols is 1. The zero-order chi connectivity index (χ0) is 40.7. The van der Waals surface area contributed by atoms with Gasteiger partial charge < -0.3 is 56.6 Å². The third kappa shape index (κ3) is 9.50. The van der Waals surface area contributed by atoms with Crippen LogP contribution in [-0.2, 0) is 33.6 Å². The number of benzene rings is 1. The number of allylic oxidation sites excluding steroid dienone is 1. The number of aliphatic carboxylic acids is 2. The van der Waals surface area contributed by atoms with Crippen LogP contribution >= 0.6 is 0 Å². The number of phenolic OH excluding ortho intramolecular Hbond substituents is 1. The van der Waals surface area contributed by atoms with Crippen LogP contribution in [0.2, 0.25) is 0 Å². The van der Waals surface area contributed by atoms with E-state index in [1.807, 2.05) is 5.32 Å². The molecule has 9 N–H and O–H groups in total. The van der Waals surface area contributed by atoms with Gasteiger partial charge in [-0.1, -0.05) is 38.6 Å². The minimum Gasteiger partial charge on any atom is -0.504 e. The number of nitrogens with zero attached hydrogens (tertiary/aromatic N) is 1. The number of ether oxygens (including phenoxy) is 1. The van der Waals surface area contributed by atoms with Crippen LogP contribution in [0.1, 0.15) is 59.1 Å². The number of carboxylic acid groups (broad SMARTS) is 2. The highest BCUT2D eigenvalue weighted by atomic mass is 16.5. The average molecular weight is 755 g/mol. The molecule has 0 fully saturated rings. The molecule has 2 aliphatic heterocycles. The van der Waals surface area contributed by atoms with E-state index in [0.29, 0.717) is 0 Å². The molecule has 18 heteroatoms.